The minimum Gasteiger partial charge on any atom is -0.493 e. The number of benzene rings is 3. The van der Waals surface area contributed by atoms with Crippen LogP contribution in [-0.4, -0.2) is 7.11 Å². The molecule has 3 aromatic rings. The summed E-state index contributed by atoms with van der Waals surface area (Å²) < 4.78 is 24.3. The summed E-state index contributed by atoms with van der Waals surface area (Å²) in [5, 5.41) is 3.87. The number of ether oxygens (including phenoxy) is 2. The molecule has 3 nitrogen and oxygen atoms in total. The second-order valence-corrected chi connectivity index (χ2v) is 6.60. The number of rotatable bonds is 7. The third-order valence-electron chi connectivity index (χ3n) is 4.21. The quantitative estimate of drug-likeness (QED) is 0.542. The number of hydrogen-bond acceptors (Lipinski definition) is 3. The molecule has 0 heterocycles. The Hall–Kier alpha value is -2.72. The minimum absolute atomic E-state index is 0.275. The van der Waals surface area contributed by atoms with Crippen LogP contribution in [0.2, 0.25) is 5.02 Å². The molecule has 0 spiro atoms. The predicted octanol–water partition coefficient (Wildman–Crippen LogP) is 5.99. The Morgan fingerprint density at radius 3 is 2.44 bits per heavy atom. The SMILES string of the molecule is COc1cc(CNc2ccccc2C)cc(Cl)c1OCc1ccc(F)cc1. The van der Waals surface area contributed by atoms with Crippen LogP contribution in [0.4, 0.5) is 10.1 Å². The average molecular weight is 386 g/mol. The number of halogens is 2. The van der Waals surface area contributed by atoms with Gasteiger partial charge in [-0.25, -0.2) is 4.39 Å². The van der Waals surface area contributed by atoms with Gasteiger partial charge in [-0.05, 0) is 53.9 Å². The molecule has 3 aromatic carbocycles. The number of nitrogens with one attached hydrogen (secondary N) is 1. The van der Waals surface area contributed by atoms with Gasteiger partial charge in [0.25, 0.3) is 0 Å². The van der Waals surface area contributed by atoms with Crippen LogP contribution in [-0.2, 0) is 13.2 Å². The maximum Gasteiger partial charge on any atom is 0.180 e. The lowest BCUT2D eigenvalue weighted by atomic mass is 10.1. The first-order valence-corrected chi connectivity index (χ1v) is 8.98. The van der Waals surface area contributed by atoms with E-state index >= 15 is 0 Å². The normalized spacial score (nSPS) is 10.5. The van der Waals surface area contributed by atoms with E-state index in [0.29, 0.717) is 23.1 Å². The van der Waals surface area contributed by atoms with Gasteiger partial charge < -0.3 is 14.8 Å². The summed E-state index contributed by atoms with van der Waals surface area (Å²) >= 11 is 6.43. The van der Waals surface area contributed by atoms with E-state index in [1.807, 2.05) is 30.3 Å². The Bertz CT molecular complexity index is 913. The lowest BCUT2D eigenvalue weighted by Gasteiger charge is -2.15. The van der Waals surface area contributed by atoms with Gasteiger partial charge >= 0.3 is 0 Å². The van der Waals surface area contributed by atoms with Crippen molar-refractivity contribution in [3.8, 4) is 11.5 Å². The highest BCUT2D eigenvalue weighted by Gasteiger charge is 2.13. The van der Waals surface area contributed by atoms with Crippen LogP contribution in [0, 0.1) is 12.7 Å². The molecule has 3 rings (SSSR count). The molecule has 0 saturated heterocycles. The van der Waals surface area contributed by atoms with Crippen molar-refractivity contribution in [3.05, 3.63) is 88.2 Å². The van der Waals surface area contributed by atoms with Crippen molar-refractivity contribution in [1.29, 1.82) is 0 Å². The van der Waals surface area contributed by atoms with Crippen molar-refractivity contribution < 1.29 is 13.9 Å². The first-order valence-electron chi connectivity index (χ1n) is 8.60. The third kappa shape index (κ3) is 4.92. The molecule has 0 amide bonds. The van der Waals surface area contributed by atoms with Gasteiger partial charge in [-0.1, -0.05) is 41.9 Å². The van der Waals surface area contributed by atoms with Crippen molar-refractivity contribution in [2.24, 2.45) is 0 Å². The maximum absolute atomic E-state index is 13.0. The Labute approximate surface area is 163 Å². The van der Waals surface area contributed by atoms with Crippen molar-refractivity contribution >= 4 is 17.3 Å². The molecule has 5 heteroatoms. The van der Waals surface area contributed by atoms with Crippen LogP contribution in [0.15, 0.2) is 60.7 Å². The Balaban J connectivity index is 1.72. The number of hydrogen-bond donors (Lipinski definition) is 1. The van der Waals surface area contributed by atoms with Gasteiger partial charge in [-0.3, -0.25) is 0 Å². The van der Waals surface area contributed by atoms with Gasteiger partial charge in [0.15, 0.2) is 11.5 Å². The van der Waals surface area contributed by atoms with Crippen LogP contribution in [0.3, 0.4) is 0 Å². The fourth-order valence-electron chi connectivity index (χ4n) is 2.72. The standard InChI is InChI=1S/C22H21ClFNO2/c1-15-5-3-4-6-20(15)25-13-17-11-19(23)22(21(12-17)26-2)27-14-16-7-9-18(24)10-8-16/h3-12,25H,13-14H2,1-2H3. The summed E-state index contributed by atoms with van der Waals surface area (Å²) in [6.07, 6.45) is 0. The summed E-state index contributed by atoms with van der Waals surface area (Å²) in [6, 6.07) is 18.0. The highest BCUT2D eigenvalue weighted by Crippen LogP contribution is 2.37. The third-order valence-corrected chi connectivity index (χ3v) is 4.49. The second kappa shape index (κ2) is 8.78. The molecule has 0 fully saturated rings. The first-order chi connectivity index (χ1) is 13.1. The Morgan fingerprint density at radius 2 is 1.74 bits per heavy atom. The van der Waals surface area contributed by atoms with E-state index in [2.05, 4.69) is 18.3 Å². The molecule has 0 atom stereocenters. The molecule has 0 aliphatic carbocycles. The number of methoxy groups -OCH3 is 1. The maximum atomic E-state index is 13.0. The molecule has 27 heavy (non-hydrogen) atoms. The van der Waals surface area contributed by atoms with Crippen molar-refractivity contribution in [2.45, 2.75) is 20.1 Å². The zero-order valence-electron chi connectivity index (χ0n) is 15.3. The molecule has 140 valence electrons. The van der Waals surface area contributed by atoms with Crippen molar-refractivity contribution in [3.63, 3.8) is 0 Å². The fourth-order valence-corrected chi connectivity index (χ4v) is 3.01. The van der Waals surface area contributed by atoms with Crippen LogP contribution in [0.25, 0.3) is 0 Å². The van der Waals surface area contributed by atoms with E-state index in [1.165, 1.54) is 17.7 Å². The molecule has 0 saturated carbocycles. The van der Waals surface area contributed by atoms with Crippen LogP contribution < -0.4 is 14.8 Å². The second-order valence-electron chi connectivity index (χ2n) is 6.19. The molecular formula is C22H21ClFNO2. The summed E-state index contributed by atoms with van der Waals surface area (Å²) in [4.78, 5) is 0. The minimum atomic E-state index is -0.278. The van der Waals surface area contributed by atoms with E-state index in [-0.39, 0.29) is 12.4 Å². The molecule has 0 unspecified atom stereocenters. The molecule has 0 aliphatic rings. The average Bonchev–Trinajstić information content (AvgIpc) is 2.67. The van der Waals surface area contributed by atoms with E-state index in [0.717, 1.165) is 16.8 Å². The summed E-state index contributed by atoms with van der Waals surface area (Å²) in [6.45, 7) is 2.94. The highest BCUT2D eigenvalue weighted by atomic mass is 35.5. The fraction of sp³-hybridized carbons (Fsp3) is 0.182. The van der Waals surface area contributed by atoms with Crippen LogP contribution >= 0.6 is 11.6 Å². The number of anilines is 1. The largest absolute Gasteiger partial charge is 0.493 e. The zero-order chi connectivity index (χ0) is 19.2. The smallest absolute Gasteiger partial charge is 0.180 e. The molecule has 1 N–H and O–H groups in total. The Morgan fingerprint density at radius 1 is 1.00 bits per heavy atom. The van der Waals surface area contributed by atoms with Crippen LogP contribution in [0.5, 0.6) is 11.5 Å². The van der Waals surface area contributed by atoms with E-state index in [9.17, 15) is 4.39 Å². The summed E-state index contributed by atoms with van der Waals surface area (Å²) in [5.41, 5.74) is 4.08. The van der Waals surface area contributed by atoms with Crippen molar-refractivity contribution in [2.75, 3.05) is 12.4 Å². The van der Waals surface area contributed by atoms with Gasteiger partial charge in [0.2, 0.25) is 0 Å². The predicted molar refractivity (Wildman–Crippen MR) is 107 cm³/mol. The zero-order valence-corrected chi connectivity index (χ0v) is 16.0. The molecular weight excluding hydrogens is 365 g/mol. The molecule has 0 aromatic heterocycles. The van der Waals surface area contributed by atoms with E-state index in [1.54, 1.807) is 19.2 Å². The van der Waals surface area contributed by atoms with Gasteiger partial charge in [0, 0.05) is 12.2 Å². The molecule has 0 aliphatic heterocycles. The van der Waals surface area contributed by atoms with E-state index in [4.69, 9.17) is 21.1 Å². The van der Waals surface area contributed by atoms with Gasteiger partial charge in [-0.15, -0.1) is 0 Å². The lowest BCUT2D eigenvalue weighted by Crippen LogP contribution is -2.03. The van der Waals surface area contributed by atoms with Gasteiger partial charge in [0.05, 0.1) is 12.1 Å². The van der Waals surface area contributed by atoms with Crippen molar-refractivity contribution in [1.82, 2.24) is 0 Å². The van der Waals surface area contributed by atoms with Gasteiger partial charge in [0.1, 0.15) is 12.4 Å². The molecule has 0 radical (unpaired) electrons. The van der Waals surface area contributed by atoms with Gasteiger partial charge in [-0.2, -0.15) is 0 Å². The molecule has 0 bridgehead atoms. The van der Waals surface area contributed by atoms with Crippen LogP contribution in [0.1, 0.15) is 16.7 Å². The monoisotopic (exact) mass is 385 g/mol. The highest BCUT2D eigenvalue weighted by molar-refractivity contribution is 6.32. The number of para-hydroxylation sites is 1. The first kappa shape index (κ1) is 19.1. The lowest BCUT2D eigenvalue weighted by molar-refractivity contribution is 0.284. The number of aryl methyl sites for hydroxylation is 1. The topological polar surface area (TPSA) is 30.5 Å². The Kier molecular flexibility index (Phi) is 6.20. The summed E-state index contributed by atoms with van der Waals surface area (Å²) in [5.74, 6) is 0.759. The summed E-state index contributed by atoms with van der Waals surface area (Å²) in [7, 11) is 1.58. The van der Waals surface area contributed by atoms with E-state index < -0.39 is 0 Å².